The molecule has 0 amide bonds. The fourth-order valence-corrected chi connectivity index (χ4v) is 4.19. The Morgan fingerprint density at radius 2 is 1.03 bits per heavy atom. The molecule has 0 aliphatic carbocycles. The standard InChI is InChI=1S/2C15H11FN.Zn/c2*1-17-9-8-12-10-11(6-7-15(12)17)13-4-2-3-5-14(13)16;/h2*2,4-10H,1H3;/q2*-1;+2. The van der Waals surface area contributed by atoms with Crippen molar-refractivity contribution in [1.82, 2.24) is 9.13 Å². The zero-order chi connectivity index (χ0) is 23.7. The van der Waals surface area contributed by atoms with E-state index >= 15 is 0 Å². The largest absolute Gasteiger partial charge is 2.00 e. The van der Waals surface area contributed by atoms with Gasteiger partial charge in [-0.15, -0.1) is 12.1 Å². The van der Waals surface area contributed by atoms with E-state index in [4.69, 9.17) is 0 Å². The predicted octanol–water partition coefficient (Wildman–Crippen LogP) is 7.57. The van der Waals surface area contributed by atoms with E-state index in [1.54, 1.807) is 24.3 Å². The van der Waals surface area contributed by atoms with Crippen molar-refractivity contribution in [3.05, 3.63) is 121 Å². The molecule has 0 aliphatic heterocycles. The van der Waals surface area contributed by atoms with Crippen LogP contribution in [0.25, 0.3) is 44.1 Å². The number of hydrogen-bond acceptors (Lipinski definition) is 0. The summed E-state index contributed by atoms with van der Waals surface area (Å²) in [5, 5.41) is 2.24. The Kier molecular flexibility index (Phi) is 7.28. The van der Waals surface area contributed by atoms with Gasteiger partial charge in [0.2, 0.25) is 0 Å². The molecule has 0 saturated carbocycles. The first-order valence-corrected chi connectivity index (χ1v) is 10.9. The van der Waals surface area contributed by atoms with Gasteiger partial charge in [-0.3, -0.25) is 8.78 Å². The minimum Gasteiger partial charge on any atom is -0.351 e. The van der Waals surface area contributed by atoms with Crippen molar-refractivity contribution in [3.8, 4) is 22.3 Å². The molecule has 6 aromatic rings. The number of rotatable bonds is 2. The molecule has 35 heavy (non-hydrogen) atoms. The van der Waals surface area contributed by atoms with Gasteiger partial charge < -0.3 is 9.13 Å². The predicted molar refractivity (Wildman–Crippen MR) is 134 cm³/mol. The van der Waals surface area contributed by atoms with Crippen LogP contribution in [0.3, 0.4) is 0 Å². The van der Waals surface area contributed by atoms with Crippen molar-refractivity contribution < 1.29 is 28.3 Å². The van der Waals surface area contributed by atoms with E-state index in [9.17, 15) is 8.78 Å². The molecular weight excluding hydrogens is 492 g/mol. The van der Waals surface area contributed by atoms with Gasteiger partial charge in [-0.25, -0.2) is 0 Å². The van der Waals surface area contributed by atoms with Gasteiger partial charge in [-0.1, -0.05) is 23.3 Å². The average Bonchev–Trinajstić information content (AvgIpc) is 3.42. The zero-order valence-corrected chi connectivity index (χ0v) is 22.6. The molecule has 0 aliphatic rings. The first-order chi connectivity index (χ1) is 16.5. The van der Waals surface area contributed by atoms with Crippen LogP contribution in [0, 0.1) is 23.8 Å². The monoisotopic (exact) mass is 512 g/mol. The molecule has 0 bridgehead atoms. The summed E-state index contributed by atoms with van der Waals surface area (Å²) in [5.74, 6) is -0.467. The number of aryl methyl sites for hydroxylation is 2. The van der Waals surface area contributed by atoms with Gasteiger partial charge >= 0.3 is 19.5 Å². The van der Waals surface area contributed by atoms with E-state index in [0.717, 1.165) is 32.9 Å². The summed E-state index contributed by atoms with van der Waals surface area (Å²) in [7, 11) is 4.00. The van der Waals surface area contributed by atoms with Gasteiger partial charge in [0.05, 0.1) is 0 Å². The van der Waals surface area contributed by atoms with Crippen LogP contribution in [0.5, 0.6) is 0 Å². The second kappa shape index (κ2) is 10.4. The molecule has 5 heteroatoms. The Morgan fingerprint density at radius 1 is 0.600 bits per heavy atom. The summed E-state index contributed by atoms with van der Waals surface area (Å²) in [5.41, 5.74) is 5.34. The smallest absolute Gasteiger partial charge is 0.351 e. The minimum absolute atomic E-state index is 0. The summed E-state index contributed by atoms with van der Waals surface area (Å²) >= 11 is 0. The molecule has 2 aromatic heterocycles. The summed E-state index contributed by atoms with van der Waals surface area (Å²) in [6.45, 7) is 0. The molecule has 0 radical (unpaired) electrons. The molecule has 6 rings (SSSR count). The number of aromatic nitrogens is 2. The number of hydrogen-bond donors (Lipinski definition) is 0. The molecule has 0 unspecified atom stereocenters. The Bertz CT molecular complexity index is 1490. The Balaban J connectivity index is 0.000000160. The SMILES string of the molecule is Cn1ccc2cc(-c3cc[c-]cc3F)ccc21.Cn1ccc2cc(-c3cc[c-]cc3F)ccc21.[Zn+2]. The van der Waals surface area contributed by atoms with E-state index in [0.29, 0.717) is 11.1 Å². The number of fused-ring (bicyclic) bond motifs is 2. The van der Waals surface area contributed by atoms with Crippen molar-refractivity contribution in [2.45, 2.75) is 0 Å². The molecule has 0 atom stereocenters. The molecule has 0 N–H and O–H groups in total. The summed E-state index contributed by atoms with van der Waals surface area (Å²) < 4.78 is 31.4. The molecule has 2 heterocycles. The number of benzene rings is 4. The molecule has 168 valence electrons. The zero-order valence-electron chi connectivity index (χ0n) is 19.6. The maximum absolute atomic E-state index is 13.6. The van der Waals surface area contributed by atoms with Gasteiger partial charge in [-0.2, -0.15) is 36.4 Å². The molecule has 0 saturated heterocycles. The molecule has 2 nitrogen and oxygen atoms in total. The summed E-state index contributed by atoms with van der Waals surface area (Å²) in [6, 6.07) is 31.2. The summed E-state index contributed by atoms with van der Waals surface area (Å²) in [6.07, 6.45) is 4.01. The van der Waals surface area contributed by atoms with Crippen LogP contribution in [-0.4, -0.2) is 9.13 Å². The fraction of sp³-hybridized carbons (Fsp3) is 0.0667. The van der Waals surface area contributed by atoms with Crippen LogP contribution in [-0.2, 0) is 33.6 Å². The van der Waals surface area contributed by atoms with Crippen molar-refractivity contribution in [3.63, 3.8) is 0 Å². The normalized spacial score (nSPS) is 10.6. The van der Waals surface area contributed by atoms with Gasteiger partial charge in [0.15, 0.2) is 0 Å². The van der Waals surface area contributed by atoms with Gasteiger partial charge in [0, 0.05) is 59.9 Å². The van der Waals surface area contributed by atoms with Crippen molar-refractivity contribution in [2.24, 2.45) is 14.1 Å². The van der Waals surface area contributed by atoms with E-state index in [2.05, 4.69) is 12.1 Å². The Labute approximate surface area is 216 Å². The van der Waals surface area contributed by atoms with Crippen LogP contribution >= 0.6 is 0 Å². The Morgan fingerprint density at radius 3 is 1.43 bits per heavy atom. The number of halogens is 2. The molecule has 4 aromatic carbocycles. The van der Waals surface area contributed by atoms with Crippen LogP contribution < -0.4 is 0 Å². The quantitative estimate of drug-likeness (QED) is 0.167. The van der Waals surface area contributed by atoms with Crippen LogP contribution in [0.1, 0.15) is 0 Å². The minimum atomic E-state index is -0.234. The van der Waals surface area contributed by atoms with Crippen molar-refractivity contribution in [1.29, 1.82) is 0 Å². The maximum Gasteiger partial charge on any atom is 2.00 e. The third-order valence-corrected chi connectivity index (χ3v) is 6.02. The Hall–Kier alpha value is -3.56. The van der Waals surface area contributed by atoms with Gasteiger partial charge in [-0.05, 0) is 47.5 Å². The van der Waals surface area contributed by atoms with E-state index < -0.39 is 0 Å². The first-order valence-electron chi connectivity index (χ1n) is 10.9. The maximum atomic E-state index is 13.6. The second-order valence-corrected chi connectivity index (χ2v) is 8.21. The van der Waals surface area contributed by atoms with E-state index in [-0.39, 0.29) is 31.1 Å². The first kappa shape index (κ1) is 24.6. The van der Waals surface area contributed by atoms with Gasteiger partial charge in [0.1, 0.15) is 0 Å². The topological polar surface area (TPSA) is 9.86 Å². The van der Waals surface area contributed by atoms with E-state index in [1.807, 2.05) is 84.2 Å². The molecular formula is C30H22F2N2Zn. The van der Waals surface area contributed by atoms with Crippen molar-refractivity contribution >= 4 is 21.8 Å². The number of nitrogens with zero attached hydrogens (tertiary/aromatic N) is 2. The average molecular weight is 514 g/mol. The second-order valence-electron chi connectivity index (χ2n) is 8.21. The van der Waals surface area contributed by atoms with Gasteiger partial charge in [0.25, 0.3) is 0 Å². The van der Waals surface area contributed by atoms with Crippen molar-refractivity contribution in [2.75, 3.05) is 0 Å². The third-order valence-electron chi connectivity index (χ3n) is 6.02. The van der Waals surface area contributed by atoms with E-state index in [1.165, 1.54) is 12.1 Å². The fourth-order valence-electron chi connectivity index (χ4n) is 4.19. The molecule has 0 spiro atoms. The van der Waals surface area contributed by atoms with Crippen LogP contribution in [0.2, 0.25) is 0 Å². The third kappa shape index (κ3) is 4.96. The van der Waals surface area contributed by atoms with Crippen LogP contribution in [0.15, 0.2) is 97.3 Å². The van der Waals surface area contributed by atoms with Crippen LogP contribution in [0.4, 0.5) is 8.78 Å². The molecule has 0 fully saturated rings. The summed E-state index contributed by atoms with van der Waals surface area (Å²) in [4.78, 5) is 0.